The van der Waals surface area contributed by atoms with E-state index in [1.807, 2.05) is 13.0 Å². The van der Waals surface area contributed by atoms with Crippen LogP contribution in [0, 0.1) is 11.3 Å². The molecule has 0 unspecified atom stereocenters. The number of aromatic nitrogens is 4. The Morgan fingerprint density at radius 3 is 2.79 bits per heavy atom. The van der Waals surface area contributed by atoms with Crippen molar-refractivity contribution >= 4 is 15.8 Å². The quantitative estimate of drug-likeness (QED) is 0.867. The number of nitriles is 1. The first-order valence-electron chi connectivity index (χ1n) is 5.44. The summed E-state index contributed by atoms with van der Waals surface area (Å²) < 4.78 is 29.4. The van der Waals surface area contributed by atoms with Gasteiger partial charge in [0.2, 0.25) is 0 Å². The Balaban J connectivity index is 2.33. The van der Waals surface area contributed by atoms with Crippen LogP contribution in [0.2, 0.25) is 0 Å². The fourth-order valence-corrected chi connectivity index (χ4v) is 2.45. The fourth-order valence-electron chi connectivity index (χ4n) is 1.48. The highest BCUT2D eigenvalue weighted by Crippen LogP contribution is 2.16. The molecule has 0 aliphatic heterocycles. The molecule has 2 rings (SSSR count). The normalized spacial score (nSPS) is 11.2. The van der Waals surface area contributed by atoms with E-state index in [1.165, 1.54) is 23.4 Å². The summed E-state index contributed by atoms with van der Waals surface area (Å²) in [4.78, 5) is 3.81. The van der Waals surface area contributed by atoms with Gasteiger partial charge in [0.25, 0.3) is 10.0 Å². The maximum Gasteiger partial charge on any atom is 0.282 e. The summed E-state index contributed by atoms with van der Waals surface area (Å²) in [6.45, 7) is 2.49. The average Bonchev–Trinajstić information content (AvgIpc) is 2.95. The molecule has 2 aromatic heterocycles. The molecule has 0 aromatic carbocycles. The highest BCUT2D eigenvalue weighted by Gasteiger charge is 2.20. The van der Waals surface area contributed by atoms with Gasteiger partial charge in [-0.15, -0.1) is 0 Å². The minimum absolute atomic E-state index is 0.00366. The van der Waals surface area contributed by atoms with Gasteiger partial charge >= 0.3 is 0 Å². The summed E-state index contributed by atoms with van der Waals surface area (Å²) in [6.07, 6.45) is 4.28. The van der Waals surface area contributed by atoms with Crippen molar-refractivity contribution in [1.29, 1.82) is 5.26 Å². The molecule has 8 nitrogen and oxygen atoms in total. The molecule has 100 valence electrons. The van der Waals surface area contributed by atoms with E-state index in [0.717, 1.165) is 0 Å². The molecule has 2 heterocycles. The Hall–Kier alpha value is -2.34. The van der Waals surface area contributed by atoms with Gasteiger partial charge in [0.1, 0.15) is 11.6 Å². The van der Waals surface area contributed by atoms with E-state index >= 15 is 0 Å². The maximum atomic E-state index is 12.1. The third kappa shape index (κ3) is 2.58. The third-order valence-electron chi connectivity index (χ3n) is 2.43. The van der Waals surface area contributed by atoms with Crippen LogP contribution in [-0.4, -0.2) is 27.7 Å². The predicted molar refractivity (Wildman–Crippen MR) is 66.6 cm³/mol. The summed E-state index contributed by atoms with van der Waals surface area (Å²) >= 11 is 0. The lowest BCUT2D eigenvalue weighted by atomic mass is 10.4. The second-order valence-corrected chi connectivity index (χ2v) is 5.45. The molecule has 0 amide bonds. The van der Waals surface area contributed by atoms with Gasteiger partial charge < -0.3 is 4.57 Å². The molecule has 0 atom stereocenters. The van der Waals surface area contributed by atoms with Crippen LogP contribution in [0.15, 0.2) is 23.7 Å². The second kappa shape index (κ2) is 4.74. The minimum atomic E-state index is -3.83. The molecule has 1 N–H and O–H groups in total. The van der Waals surface area contributed by atoms with Crippen molar-refractivity contribution < 1.29 is 8.42 Å². The first kappa shape index (κ1) is 13.1. The Morgan fingerprint density at radius 1 is 1.47 bits per heavy atom. The molecule has 0 fully saturated rings. The monoisotopic (exact) mass is 280 g/mol. The van der Waals surface area contributed by atoms with Crippen molar-refractivity contribution in [2.24, 2.45) is 7.05 Å². The van der Waals surface area contributed by atoms with Crippen molar-refractivity contribution in [3.05, 3.63) is 24.3 Å². The molecule has 9 heteroatoms. The minimum Gasteiger partial charge on any atom is -0.336 e. The van der Waals surface area contributed by atoms with Crippen LogP contribution in [-0.2, 0) is 23.6 Å². The smallest absolute Gasteiger partial charge is 0.282 e. The van der Waals surface area contributed by atoms with Gasteiger partial charge in [0.15, 0.2) is 10.8 Å². The third-order valence-corrected chi connectivity index (χ3v) is 3.65. The number of hydrogen-bond donors (Lipinski definition) is 1. The molecule has 0 saturated carbocycles. The largest absolute Gasteiger partial charge is 0.336 e. The van der Waals surface area contributed by atoms with Crippen molar-refractivity contribution in [2.75, 3.05) is 4.72 Å². The summed E-state index contributed by atoms with van der Waals surface area (Å²) in [5.41, 5.74) is 0.154. The lowest BCUT2D eigenvalue weighted by Crippen LogP contribution is -2.14. The fraction of sp³-hybridized carbons (Fsp3) is 0.300. The van der Waals surface area contributed by atoms with E-state index in [0.29, 0.717) is 6.54 Å². The van der Waals surface area contributed by atoms with Gasteiger partial charge in [-0.3, -0.25) is 9.40 Å². The van der Waals surface area contributed by atoms with Crippen LogP contribution in [0.25, 0.3) is 0 Å². The number of hydrogen-bond acceptors (Lipinski definition) is 5. The topological polar surface area (TPSA) is 106 Å². The number of rotatable bonds is 4. The predicted octanol–water partition coefficient (Wildman–Crippen LogP) is 0.309. The molecular weight excluding hydrogens is 268 g/mol. The standard InChI is InChI=1S/C10H12N6O2S/c1-3-16-6-9(12-7-16)19(17,18)14-10-8(4-11)5-15(2)13-10/h5-7H,3H2,1-2H3,(H,13,14). The molecule has 0 saturated heterocycles. The zero-order valence-corrected chi connectivity index (χ0v) is 11.2. The molecule has 0 radical (unpaired) electrons. The first-order chi connectivity index (χ1) is 8.96. The molecule has 2 aromatic rings. The van der Waals surface area contributed by atoms with E-state index in [1.54, 1.807) is 11.6 Å². The molecule has 0 aliphatic rings. The van der Waals surface area contributed by atoms with Gasteiger partial charge in [0, 0.05) is 26.0 Å². The Labute approximate surface area is 110 Å². The van der Waals surface area contributed by atoms with E-state index in [-0.39, 0.29) is 16.4 Å². The summed E-state index contributed by atoms with van der Waals surface area (Å²) in [6, 6.07) is 1.87. The van der Waals surface area contributed by atoms with Crippen LogP contribution in [0.1, 0.15) is 12.5 Å². The van der Waals surface area contributed by atoms with Crippen LogP contribution in [0.4, 0.5) is 5.82 Å². The number of nitrogens with zero attached hydrogens (tertiary/aromatic N) is 5. The number of anilines is 1. The Bertz CT molecular complexity index is 736. The van der Waals surface area contributed by atoms with Crippen LogP contribution in [0.3, 0.4) is 0 Å². The number of sulfonamides is 1. The van der Waals surface area contributed by atoms with E-state index in [9.17, 15) is 8.42 Å². The zero-order chi connectivity index (χ0) is 14.0. The van der Waals surface area contributed by atoms with E-state index in [4.69, 9.17) is 5.26 Å². The summed E-state index contributed by atoms with van der Waals surface area (Å²) in [5.74, 6) is -0.00366. The van der Waals surface area contributed by atoms with Crippen LogP contribution < -0.4 is 4.72 Å². The summed E-state index contributed by atoms with van der Waals surface area (Å²) in [5, 5.41) is 12.7. The van der Waals surface area contributed by atoms with Crippen molar-refractivity contribution in [3.8, 4) is 6.07 Å². The highest BCUT2D eigenvalue weighted by atomic mass is 32.2. The molecule has 0 bridgehead atoms. The number of nitrogens with one attached hydrogen (secondary N) is 1. The second-order valence-electron chi connectivity index (χ2n) is 3.82. The first-order valence-corrected chi connectivity index (χ1v) is 6.93. The molecule has 0 spiro atoms. The van der Waals surface area contributed by atoms with Crippen LogP contribution in [0.5, 0.6) is 0 Å². The maximum absolute atomic E-state index is 12.1. The van der Waals surface area contributed by atoms with Gasteiger partial charge in [-0.1, -0.05) is 0 Å². The molecule has 19 heavy (non-hydrogen) atoms. The van der Waals surface area contributed by atoms with Crippen molar-refractivity contribution in [1.82, 2.24) is 19.3 Å². The van der Waals surface area contributed by atoms with Crippen molar-refractivity contribution in [3.63, 3.8) is 0 Å². The van der Waals surface area contributed by atoms with Gasteiger partial charge in [0.05, 0.1) is 6.33 Å². The van der Waals surface area contributed by atoms with Gasteiger partial charge in [-0.25, -0.2) is 4.98 Å². The average molecular weight is 280 g/mol. The SMILES string of the molecule is CCn1cnc(S(=O)(=O)Nc2nn(C)cc2C#N)c1. The van der Waals surface area contributed by atoms with Gasteiger partial charge in [-0.2, -0.15) is 18.8 Å². The van der Waals surface area contributed by atoms with E-state index < -0.39 is 10.0 Å². The number of aryl methyl sites for hydroxylation is 2. The van der Waals surface area contributed by atoms with E-state index in [2.05, 4.69) is 14.8 Å². The Kier molecular flexibility index (Phi) is 3.26. The molecule has 0 aliphatic carbocycles. The number of imidazole rings is 1. The lowest BCUT2D eigenvalue weighted by molar-refractivity contribution is 0.597. The van der Waals surface area contributed by atoms with Crippen molar-refractivity contribution in [2.45, 2.75) is 18.5 Å². The molecular formula is C10H12N6O2S. The zero-order valence-electron chi connectivity index (χ0n) is 10.4. The van der Waals surface area contributed by atoms with Gasteiger partial charge in [-0.05, 0) is 6.92 Å². The summed E-state index contributed by atoms with van der Waals surface area (Å²) in [7, 11) is -2.23. The Morgan fingerprint density at radius 2 is 2.21 bits per heavy atom. The van der Waals surface area contributed by atoms with Crippen LogP contribution >= 0.6 is 0 Å². The highest BCUT2D eigenvalue weighted by molar-refractivity contribution is 7.92. The lowest BCUT2D eigenvalue weighted by Gasteiger charge is -2.02.